The van der Waals surface area contributed by atoms with Crippen LogP contribution in [0.15, 0.2) is 0 Å². The van der Waals surface area contributed by atoms with Gasteiger partial charge >= 0.3 is 0 Å². The van der Waals surface area contributed by atoms with Gasteiger partial charge in [0.2, 0.25) is 0 Å². The molecular weight excluding hydrogens is 270 g/mol. The summed E-state index contributed by atoms with van der Waals surface area (Å²) < 4.78 is 3.06. The highest BCUT2D eigenvalue weighted by molar-refractivity contribution is 7.22. The van der Waals surface area contributed by atoms with Crippen LogP contribution in [0.25, 0.3) is 10.3 Å². The summed E-state index contributed by atoms with van der Waals surface area (Å²) in [6, 6.07) is 0. The minimum Gasteiger partial charge on any atom is -0.361 e. The van der Waals surface area contributed by atoms with Gasteiger partial charge in [-0.25, -0.2) is 9.67 Å². The highest BCUT2D eigenvalue weighted by atomic mass is 32.1. The zero-order valence-electron chi connectivity index (χ0n) is 12.4. The number of nitrogens with one attached hydrogen (secondary N) is 1. The molecule has 1 aliphatic heterocycles. The van der Waals surface area contributed by atoms with Gasteiger partial charge in [-0.05, 0) is 52.2 Å². The number of hydrogen-bond acceptors (Lipinski definition) is 5. The fourth-order valence-electron chi connectivity index (χ4n) is 2.82. The molecule has 5 nitrogen and oxygen atoms in total. The van der Waals surface area contributed by atoms with E-state index in [1.807, 2.05) is 18.7 Å². The Bertz CT molecular complexity index is 533. The number of rotatable bonds is 6. The number of likely N-dealkylation sites (tertiary alicyclic amines) is 1. The van der Waals surface area contributed by atoms with Gasteiger partial charge in [0.15, 0.2) is 10.8 Å². The van der Waals surface area contributed by atoms with Crippen molar-refractivity contribution in [3.63, 3.8) is 0 Å². The first kappa shape index (κ1) is 13.8. The lowest BCUT2D eigenvalue weighted by atomic mass is 10.3. The van der Waals surface area contributed by atoms with Crippen molar-refractivity contribution in [2.75, 3.05) is 31.5 Å². The van der Waals surface area contributed by atoms with E-state index in [0.717, 1.165) is 23.0 Å². The van der Waals surface area contributed by atoms with Gasteiger partial charge in [-0.15, -0.1) is 0 Å². The largest absolute Gasteiger partial charge is 0.361 e. The average Bonchev–Trinajstić information content (AvgIpc) is 3.10. The number of unbranched alkanes of at least 4 members (excludes halogenated alkanes) is 1. The summed E-state index contributed by atoms with van der Waals surface area (Å²) in [4.78, 5) is 7.18. The van der Waals surface area contributed by atoms with Crippen LogP contribution in [-0.2, 0) is 7.05 Å². The molecule has 2 aromatic heterocycles. The molecule has 1 saturated heterocycles. The Kier molecular flexibility index (Phi) is 4.21. The third-order valence-corrected chi connectivity index (χ3v) is 5.03. The van der Waals surface area contributed by atoms with Crippen LogP contribution in [0.5, 0.6) is 0 Å². The van der Waals surface area contributed by atoms with Crippen LogP contribution in [-0.4, -0.2) is 45.8 Å². The number of fused-ring (bicyclic) bond motifs is 1. The SMILES string of the molecule is Cc1nn(C)c2nc(NCCCCN3CCCC3)sc12. The second-order valence-electron chi connectivity index (χ2n) is 5.56. The van der Waals surface area contributed by atoms with Gasteiger partial charge < -0.3 is 10.2 Å². The van der Waals surface area contributed by atoms with E-state index in [0.29, 0.717) is 0 Å². The predicted octanol–water partition coefficient (Wildman–Crippen LogP) is 2.63. The fourth-order valence-corrected chi connectivity index (χ4v) is 3.78. The molecule has 1 N–H and O–H groups in total. The maximum absolute atomic E-state index is 4.61. The smallest absolute Gasteiger partial charge is 0.185 e. The van der Waals surface area contributed by atoms with E-state index < -0.39 is 0 Å². The van der Waals surface area contributed by atoms with Gasteiger partial charge in [-0.1, -0.05) is 11.3 Å². The van der Waals surface area contributed by atoms with E-state index in [9.17, 15) is 0 Å². The quantitative estimate of drug-likeness (QED) is 0.832. The molecule has 0 radical (unpaired) electrons. The van der Waals surface area contributed by atoms with E-state index in [4.69, 9.17) is 0 Å². The molecule has 6 heteroatoms. The van der Waals surface area contributed by atoms with Crippen LogP contribution >= 0.6 is 11.3 Å². The molecule has 0 spiro atoms. The van der Waals surface area contributed by atoms with Crippen LogP contribution in [0.1, 0.15) is 31.4 Å². The van der Waals surface area contributed by atoms with E-state index >= 15 is 0 Å². The molecule has 2 aromatic rings. The first-order valence-electron chi connectivity index (χ1n) is 7.50. The molecule has 0 atom stereocenters. The highest BCUT2D eigenvalue weighted by Crippen LogP contribution is 2.27. The lowest BCUT2D eigenvalue weighted by Crippen LogP contribution is -2.20. The van der Waals surface area contributed by atoms with Crippen molar-refractivity contribution < 1.29 is 0 Å². The summed E-state index contributed by atoms with van der Waals surface area (Å²) in [6.45, 7) is 6.92. The van der Waals surface area contributed by atoms with Crippen molar-refractivity contribution in [1.82, 2.24) is 19.7 Å². The first-order chi connectivity index (χ1) is 9.74. The Morgan fingerprint density at radius 3 is 2.80 bits per heavy atom. The summed E-state index contributed by atoms with van der Waals surface area (Å²) in [5.74, 6) is 0. The van der Waals surface area contributed by atoms with Crippen molar-refractivity contribution in [2.45, 2.75) is 32.6 Å². The Balaban J connectivity index is 1.44. The van der Waals surface area contributed by atoms with Crippen LogP contribution in [0, 0.1) is 6.92 Å². The minimum atomic E-state index is 0.993. The molecule has 1 aliphatic rings. The zero-order valence-corrected chi connectivity index (χ0v) is 13.2. The van der Waals surface area contributed by atoms with Crippen LogP contribution in [0.3, 0.4) is 0 Å². The van der Waals surface area contributed by atoms with Crippen molar-refractivity contribution in [2.24, 2.45) is 7.05 Å². The van der Waals surface area contributed by atoms with Gasteiger partial charge in [0, 0.05) is 13.6 Å². The molecule has 0 amide bonds. The van der Waals surface area contributed by atoms with E-state index in [1.165, 1.54) is 50.0 Å². The predicted molar refractivity (Wildman–Crippen MR) is 84.5 cm³/mol. The fraction of sp³-hybridized carbons (Fsp3) is 0.714. The van der Waals surface area contributed by atoms with Crippen LogP contribution in [0.2, 0.25) is 0 Å². The normalized spacial score (nSPS) is 16.3. The summed E-state index contributed by atoms with van der Waals surface area (Å²) in [5.41, 5.74) is 2.06. The number of aromatic nitrogens is 3. The third kappa shape index (κ3) is 2.96. The molecule has 3 rings (SSSR count). The van der Waals surface area contributed by atoms with Crippen molar-refractivity contribution in [1.29, 1.82) is 0 Å². The van der Waals surface area contributed by atoms with E-state index in [-0.39, 0.29) is 0 Å². The van der Waals surface area contributed by atoms with Gasteiger partial charge in [0.25, 0.3) is 0 Å². The lowest BCUT2D eigenvalue weighted by Gasteiger charge is -2.13. The summed E-state index contributed by atoms with van der Waals surface area (Å²) in [5, 5.41) is 8.85. The standard InChI is InChI=1S/C14H23N5S/c1-11-12-13(18(2)17-11)16-14(20-12)15-7-3-4-8-19-9-5-6-10-19/h3-10H2,1-2H3,(H,15,16). The maximum atomic E-state index is 4.61. The highest BCUT2D eigenvalue weighted by Gasteiger charge is 2.12. The van der Waals surface area contributed by atoms with Gasteiger partial charge in [0.05, 0.1) is 10.4 Å². The number of anilines is 1. The summed E-state index contributed by atoms with van der Waals surface area (Å²) >= 11 is 1.71. The van der Waals surface area contributed by atoms with Gasteiger partial charge in [0.1, 0.15) is 0 Å². The molecule has 0 unspecified atom stereocenters. The zero-order chi connectivity index (χ0) is 13.9. The van der Waals surface area contributed by atoms with Crippen molar-refractivity contribution >= 4 is 26.8 Å². The molecule has 110 valence electrons. The monoisotopic (exact) mass is 293 g/mol. The number of nitrogens with zero attached hydrogens (tertiary/aromatic N) is 4. The summed E-state index contributed by atoms with van der Waals surface area (Å²) in [7, 11) is 1.95. The van der Waals surface area contributed by atoms with Gasteiger partial charge in [-0.3, -0.25) is 0 Å². The Morgan fingerprint density at radius 2 is 2.05 bits per heavy atom. The molecule has 0 aromatic carbocycles. The Morgan fingerprint density at radius 1 is 1.25 bits per heavy atom. The second kappa shape index (κ2) is 6.10. The topological polar surface area (TPSA) is 46.0 Å². The third-order valence-electron chi connectivity index (χ3n) is 3.92. The lowest BCUT2D eigenvalue weighted by molar-refractivity contribution is 0.331. The maximum Gasteiger partial charge on any atom is 0.185 e. The molecular formula is C14H23N5S. The minimum absolute atomic E-state index is 0.993. The number of hydrogen-bond donors (Lipinski definition) is 1. The molecule has 0 aliphatic carbocycles. The Labute approximate surface area is 124 Å². The molecule has 20 heavy (non-hydrogen) atoms. The van der Waals surface area contributed by atoms with E-state index in [1.54, 1.807) is 11.3 Å². The average molecular weight is 293 g/mol. The second-order valence-corrected chi connectivity index (χ2v) is 6.56. The van der Waals surface area contributed by atoms with Crippen LogP contribution in [0.4, 0.5) is 5.13 Å². The van der Waals surface area contributed by atoms with Crippen LogP contribution < -0.4 is 5.32 Å². The van der Waals surface area contributed by atoms with E-state index in [2.05, 4.69) is 20.3 Å². The van der Waals surface area contributed by atoms with Crippen molar-refractivity contribution in [3.8, 4) is 0 Å². The first-order valence-corrected chi connectivity index (χ1v) is 8.32. The molecule has 0 bridgehead atoms. The molecule has 0 saturated carbocycles. The molecule has 1 fully saturated rings. The Hall–Kier alpha value is -1.14. The summed E-state index contributed by atoms with van der Waals surface area (Å²) in [6.07, 6.45) is 5.26. The van der Waals surface area contributed by atoms with Gasteiger partial charge in [-0.2, -0.15) is 5.10 Å². The number of thiazole rings is 1. The number of aryl methyl sites for hydroxylation is 2. The van der Waals surface area contributed by atoms with Crippen molar-refractivity contribution in [3.05, 3.63) is 5.69 Å². The molecule has 3 heterocycles.